The fourth-order valence-electron chi connectivity index (χ4n) is 4.12. The Kier molecular flexibility index (Phi) is 3.51. The minimum absolute atomic E-state index is 0.0786. The van der Waals surface area contributed by atoms with Gasteiger partial charge in [0.2, 0.25) is 0 Å². The highest BCUT2D eigenvalue weighted by atomic mass is 16.3. The summed E-state index contributed by atoms with van der Waals surface area (Å²) in [5, 5.41) is 20.5. The van der Waals surface area contributed by atoms with Crippen LogP contribution in [0.5, 0.6) is 11.5 Å². The molecule has 2 N–H and O–H groups in total. The number of fused-ring (bicyclic) bond motifs is 3. The second kappa shape index (κ2) is 6.03. The van der Waals surface area contributed by atoms with Gasteiger partial charge in [-0.05, 0) is 51.4 Å². The third-order valence-electron chi connectivity index (χ3n) is 5.36. The first-order valence-electron chi connectivity index (χ1n) is 9.05. The van der Waals surface area contributed by atoms with E-state index in [1.807, 2.05) is 24.3 Å². The van der Waals surface area contributed by atoms with Crippen LogP contribution in [0, 0.1) is 0 Å². The van der Waals surface area contributed by atoms with Gasteiger partial charge in [-0.25, -0.2) is 0 Å². The SMILES string of the molecule is Oc1cccc(-c2ccc3c(c2-c2ccccc2)Cc2ccccc2-3)c1O. The molecule has 0 saturated carbocycles. The fraction of sp³-hybridized carbons (Fsp3) is 0.0400. The highest BCUT2D eigenvalue weighted by Gasteiger charge is 2.25. The molecule has 0 atom stereocenters. The Morgan fingerprint density at radius 3 is 2.11 bits per heavy atom. The third-order valence-corrected chi connectivity index (χ3v) is 5.36. The molecule has 130 valence electrons. The van der Waals surface area contributed by atoms with E-state index in [0.29, 0.717) is 5.56 Å². The Bertz CT molecular complexity index is 1160. The molecule has 0 aliphatic heterocycles. The number of aromatic hydroxyl groups is 2. The minimum Gasteiger partial charge on any atom is -0.504 e. The predicted molar refractivity (Wildman–Crippen MR) is 109 cm³/mol. The molecular weight excluding hydrogens is 332 g/mol. The van der Waals surface area contributed by atoms with Crippen LogP contribution < -0.4 is 0 Å². The maximum Gasteiger partial charge on any atom is 0.165 e. The molecule has 0 spiro atoms. The van der Waals surface area contributed by atoms with E-state index < -0.39 is 0 Å². The summed E-state index contributed by atoms with van der Waals surface area (Å²) in [6, 6.07) is 28.1. The average Bonchev–Trinajstić information content (AvgIpc) is 3.09. The van der Waals surface area contributed by atoms with Crippen molar-refractivity contribution in [3.05, 3.63) is 96.1 Å². The summed E-state index contributed by atoms with van der Waals surface area (Å²) >= 11 is 0. The molecule has 0 aromatic heterocycles. The first-order chi connectivity index (χ1) is 13.2. The molecule has 0 unspecified atom stereocenters. The molecule has 0 bridgehead atoms. The number of hydrogen-bond acceptors (Lipinski definition) is 2. The lowest BCUT2D eigenvalue weighted by atomic mass is 9.87. The molecule has 0 radical (unpaired) electrons. The van der Waals surface area contributed by atoms with Gasteiger partial charge >= 0.3 is 0 Å². The molecule has 0 fully saturated rings. The number of rotatable bonds is 2. The molecule has 4 aromatic rings. The summed E-state index contributed by atoms with van der Waals surface area (Å²) in [6.45, 7) is 0. The number of para-hydroxylation sites is 1. The van der Waals surface area contributed by atoms with Crippen molar-refractivity contribution in [3.8, 4) is 44.9 Å². The van der Waals surface area contributed by atoms with Gasteiger partial charge in [-0.3, -0.25) is 0 Å². The van der Waals surface area contributed by atoms with E-state index in [0.717, 1.165) is 23.1 Å². The predicted octanol–water partition coefficient (Wildman–Crippen LogP) is 6.00. The lowest BCUT2D eigenvalue weighted by molar-refractivity contribution is 0.405. The molecule has 2 nitrogen and oxygen atoms in total. The molecule has 0 saturated heterocycles. The Labute approximate surface area is 158 Å². The summed E-state index contributed by atoms with van der Waals surface area (Å²) < 4.78 is 0. The monoisotopic (exact) mass is 350 g/mol. The van der Waals surface area contributed by atoms with Crippen LogP contribution in [0.25, 0.3) is 33.4 Å². The van der Waals surface area contributed by atoms with Crippen LogP contribution in [-0.2, 0) is 6.42 Å². The molecule has 0 heterocycles. The van der Waals surface area contributed by atoms with Crippen molar-refractivity contribution < 1.29 is 10.2 Å². The number of benzene rings is 4. The lowest BCUT2D eigenvalue weighted by Gasteiger charge is -2.17. The second-order valence-electron chi connectivity index (χ2n) is 6.89. The molecule has 1 aliphatic rings. The topological polar surface area (TPSA) is 40.5 Å². The van der Waals surface area contributed by atoms with Crippen LogP contribution in [0.1, 0.15) is 11.1 Å². The number of hydrogen-bond donors (Lipinski definition) is 2. The van der Waals surface area contributed by atoms with Crippen molar-refractivity contribution in [2.24, 2.45) is 0 Å². The highest BCUT2D eigenvalue weighted by molar-refractivity contribution is 5.95. The molecule has 2 heteroatoms. The molecule has 1 aliphatic carbocycles. The second-order valence-corrected chi connectivity index (χ2v) is 6.89. The summed E-state index contributed by atoms with van der Waals surface area (Å²) in [6.07, 6.45) is 0.864. The van der Waals surface area contributed by atoms with E-state index in [1.54, 1.807) is 6.07 Å². The first-order valence-corrected chi connectivity index (χ1v) is 9.05. The van der Waals surface area contributed by atoms with Crippen molar-refractivity contribution in [2.75, 3.05) is 0 Å². The zero-order valence-electron chi connectivity index (χ0n) is 14.7. The number of phenols is 2. The van der Waals surface area contributed by atoms with Crippen molar-refractivity contribution in [2.45, 2.75) is 6.42 Å². The van der Waals surface area contributed by atoms with Crippen molar-refractivity contribution >= 4 is 0 Å². The minimum atomic E-state index is -0.102. The lowest BCUT2D eigenvalue weighted by Crippen LogP contribution is -1.93. The molecule has 4 aromatic carbocycles. The molecule has 27 heavy (non-hydrogen) atoms. The smallest absolute Gasteiger partial charge is 0.165 e. The zero-order valence-corrected chi connectivity index (χ0v) is 14.7. The van der Waals surface area contributed by atoms with Gasteiger partial charge in [0.25, 0.3) is 0 Å². The summed E-state index contributed by atoms with van der Waals surface area (Å²) in [4.78, 5) is 0. The van der Waals surface area contributed by atoms with Gasteiger partial charge in [-0.1, -0.05) is 78.9 Å². The van der Waals surface area contributed by atoms with Gasteiger partial charge in [-0.15, -0.1) is 0 Å². The molecule has 5 rings (SSSR count). The van der Waals surface area contributed by atoms with E-state index >= 15 is 0 Å². The van der Waals surface area contributed by atoms with E-state index in [-0.39, 0.29) is 11.5 Å². The van der Waals surface area contributed by atoms with Gasteiger partial charge in [0.15, 0.2) is 11.5 Å². The Morgan fingerprint density at radius 1 is 0.556 bits per heavy atom. The van der Waals surface area contributed by atoms with Gasteiger partial charge < -0.3 is 10.2 Å². The zero-order chi connectivity index (χ0) is 18.4. The summed E-state index contributed by atoms with van der Waals surface area (Å²) in [5.74, 6) is -0.180. The Morgan fingerprint density at radius 2 is 1.26 bits per heavy atom. The van der Waals surface area contributed by atoms with Crippen LogP contribution in [-0.4, -0.2) is 10.2 Å². The normalized spacial score (nSPS) is 11.9. The van der Waals surface area contributed by atoms with Gasteiger partial charge in [-0.2, -0.15) is 0 Å². The highest BCUT2D eigenvalue weighted by Crippen LogP contribution is 2.48. The third kappa shape index (κ3) is 2.42. The van der Waals surface area contributed by atoms with Gasteiger partial charge in [0, 0.05) is 5.56 Å². The summed E-state index contributed by atoms with van der Waals surface area (Å²) in [7, 11) is 0. The van der Waals surface area contributed by atoms with Gasteiger partial charge in [0.1, 0.15) is 0 Å². The van der Waals surface area contributed by atoms with Crippen LogP contribution in [0.2, 0.25) is 0 Å². The standard InChI is InChI=1S/C25H18O2/c26-23-12-6-11-21(25(23)27)20-14-13-19-18-10-5-4-9-17(18)15-22(19)24(20)16-7-2-1-3-8-16/h1-14,26-27H,15H2. The van der Waals surface area contributed by atoms with E-state index in [9.17, 15) is 10.2 Å². The van der Waals surface area contributed by atoms with Gasteiger partial charge in [0.05, 0.1) is 0 Å². The van der Waals surface area contributed by atoms with E-state index in [4.69, 9.17) is 0 Å². The largest absolute Gasteiger partial charge is 0.504 e. The van der Waals surface area contributed by atoms with Crippen molar-refractivity contribution in [1.29, 1.82) is 0 Å². The van der Waals surface area contributed by atoms with Crippen molar-refractivity contribution in [1.82, 2.24) is 0 Å². The average molecular weight is 350 g/mol. The van der Waals surface area contributed by atoms with E-state index in [1.165, 1.54) is 28.3 Å². The van der Waals surface area contributed by atoms with Crippen LogP contribution in [0.3, 0.4) is 0 Å². The van der Waals surface area contributed by atoms with Crippen LogP contribution >= 0.6 is 0 Å². The molecular formula is C25H18O2. The van der Waals surface area contributed by atoms with Crippen LogP contribution in [0.15, 0.2) is 84.9 Å². The van der Waals surface area contributed by atoms with E-state index in [2.05, 4.69) is 48.5 Å². The Hall–Kier alpha value is -3.52. The maximum absolute atomic E-state index is 10.5. The quantitative estimate of drug-likeness (QED) is 0.383. The Balaban J connectivity index is 1.84. The first kappa shape index (κ1) is 15.7. The summed E-state index contributed by atoms with van der Waals surface area (Å²) in [5.41, 5.74) is 8.91. The van der Waals surface area contributed by atoms with Crippen molar-refractivity contribution in [3.63, 3.8) is 0 Å². The maximum atomic E-state index is 10.5. The number of phenolic OH excluding ortho intramolecular Hbond substituents is 2. The fourth-order valence-corrected chi connectivity index (χ4v) is 4.12. The van der Waals surface area contributed by atoms with Crippen LogP contribution in [0.4, 0.5) is 0 Å². The molecule has 0 amide bonds.